The first-order chi connectivity index (χ1) is 14.5. The zero-order chi connectivity index (χ0) is 21.3. The molecule has 0 spiro atoms. The van der Waals surface area contributed by atoms with Gasteiger partial charge in [0, 0.05) is 19.2 Å². The molecular formula is C24H30N4O2. The molecule has 0 aliphatic carbocycles. The zero-order valence-electron chi connectivity index (χ0n) is 18.1. The van der Waals surface area contributed by atoms with Gasteiger partial charge < -0.3 is 19.8 Å². The quantitative estimate of drug-likeness (QED) is 0.427. The van der Waals surface area contributed by atoms with E-state index in [9.17, 15) is 0 Å². The van der Waals surface area contributed by atoms with Crippen molar-refractivity contribution in [1.29, 1.82) is 0 Å². The predicted molar refractivity (Wildman–Crippen MR) is 120 cm³/mol. The number of aliphatic imine (C=N–C) groups is 1. The van der Waals surface area contributed by atoms with E-state index in [0.29, 0.717) is 31.5 Å². The van der Waals surface area contributed by atoms with Crippen LogP contribution in [0.2, 0.25) is 0 Å². The van der Waals surface area contributed by atoms with Crippen LogP contribution in [0.5, 0.6) is 0 Å². The number of aryl methyl sites for hydroxylation is 1. The van der Waals surface area contributed by atoms with Crippen LogP contribution >= 0.6 is 0 Å². The third kappa shape index (κ3) is 6.46. The van der Waals surface area contributed by atoms with E-state index >= 15 is 0 Å². The first-order valence-corrected chi connectivity index (χ1v) is 10.2. The molecule has 3 aromatic rings. The number of hydrogen-bond acceptors (Lipinski definition) is 4. The van der Waals surface area contributed by atoms with E-state index in [-0.39, 0.29) is 6.10 Å². The lowest BCUT2D eigenvalue weighted by Gasteiger charge is -2.12. The number of oxazole rings is 1. The van der Waals surface area contributed by atoms with Crippen molar-refractivity contribution in [1.82, 2.24) is 15.6 Å². The van der Waals surface area contributed by atoms with Gasteiger partial charge in [0.15, 0.2) is 5.96 Å². The number of hydrogen-bond donors (Lipinski definition) is 2. The molecule has 2 aromatic carbocycles. The minimum absolute atomic E-state index is 0.220. The first-order valence-electron chi connectivity index (χ1n) is 10.2. The van der Waals surface area contributed by atoms with Gasteiger partial charge in [0.2, 0.25) is 5.89 Å². The topological polar surface area (TPSA) is 71.7 Å². The van der Waals surface area contributed by atoms with Crippen LogP contribution in [0.3, 0.4) is 0 Å². The number of nitrogens with one attached hydrogen (secondary N) is 2. The Morgan fingerprint density at radius 1 is 1.07 bits per heavy atom. The van der Waals surface area contributed by atoms with Gasteiger partial charge in [-0.3, -0.25) is 4.99 Å². The van der Waals surface area contributed by atoms with Gasteiger partial charge in [-0.1, -0.05) is 42.0 Å². The van der Waals surface area contributed by atoms with Crippen LogP contribution in [0.1, 0.15) is 36.2 Å². The molecule has 0 bridgehead atoms. The molecule has 0 unspecified atom stereocenters. The monoisotopic (exact) mass is 406 g/mol. The van der Waals surface area contributed by atoms with Crippen molar-refractivity contribution in [3.63, 3.8) is 0 Å². The summed E-state index contributed by atoms with van der Waals surface area (Å²) < 4.78 is 11.3. The molecule has 3 rings (SSSR count). The summed E-state index contributed by atoms with van der Waals surface area (Å²) in [6, 6.07) is 16.5. The molecule has 0 saturated carbocycles. The van der Waals surface area contributed by atoms with Crippen LogP contribution in [0, 0.1) is 6.92 Å². The van der Waals surface area contributed by atoms with Crippen molar-refractivity contribution in [2.45, 2.75) is 46.6 Å². The second kappa shape index (κ2) is 10.6. The summed E-state index contributed by atoms with van der Waals surface area (Å²) in [5.41, 5.74) is 5.33. The van der Waals surface area contributed by atoms with E-state index in [4.69, 9.17) is 9.15 Å². The van der Waals surface area contributed by atoms with E-state index in [0.717, 1.165) is 16.8 Å². The van der Waals surface area contributed by atoms with Gasteiger partial charge in [-0.15, -0.1) is 0 Å². The number of rotatable bonds is 8. The molecule has 1 aromatic heterocycles. The molecule has 0 radical (unpaired) electrons. The van der Waals surface area contributed by atoms with Gasteiger partial charge in [-0.2, -0.15) is 0 Å². The van der Waals surface area contributed by atoms with Crippen LogP contribution < -0.4 is 10.6 Å². The second-order valence-electron chi connectivity index (χ2n) is 7.47. The summed E-state index contributed by atoms with van der Waals surface area (Å²) >= 11 is 0. The van der Waals surface area contributed by atoms with Gasteiger partial charge in [-0.25, -0.2) is 4.98 Å². The number of ether oxygens (including phenoxy) is 1. The van der Waals surface area contributed by atoms with Crippen LogP contribution in [0.15, 0.2) is 64.2 Å². The Hall–Kier alpha value is -3.12. The van der Waals surface area contributed by atoms with Gasteiger partial charge in [-0.05, 0) is 44.0 Å². The van der Waals surface area contributed by atoms with Gasteiger partial charge >= 0.3 is 0 Å². The molecule has 0 atom stereocenters. The number of benzene rings is 2. The minimum Gasteiger partial charge on any atom is -0.444 e. The van der Waals surface area contributed by atoms with Crippen molar-refractivity contribution in [2.75, 3.05) is 7.05 Å². The molecule has 0 amide bonds. The molecule has 0 aliphatic heterocycles. The number of guanidine groups is 1. The van der Waals surface area contributed by atoms with Gasteiger partial charge in [0.1, 0.15) is 6.26 Å². The van der Waals surface area contributed by atoms with E-state index in [1.54, 1.807) is 13.3 Å². The third-order valence-electron chi connectivity index (χ3n) is 4.55. The van der Waals surface area contributed by atoms with Crippen LogP contribution in [-0.4, -0.2) is 24.1 Å². The molecule has 6 nitrogen and oxygen atoms in total. The van der Waals surface area contributed by atoms with Crippen LogP contribution in [0.25, 0.3) is 11.5 Å². The lowest BCUT2D eigenvalue weighted by Crippen LogP contribution is -2.36. The smallest absolute Gasteiger partial charge is 0.226 e. The molecule has 0 aliphatic rings. The summed E-state index contributed by atoms with van der Waals surface area (Å²) in [4.78, 5) is 8.84. The van der Waals surface area contributed by atoms with E-state index < -0.39 is 0 Å². The highest BCUT2D eigenvalue weighted by molar-refractivity contribution is 5.79. The van der Waals surface area contributed by atoms with Crippen LogP contribution in [-0.2, 0) is 24.4 Å². The molecule has 2 N–H and O–H groups in total. The Kier molecular flexibility index (Phi) is 7.63. The molecule has 158 valence electrons. The average Bonchev–Trinajstić information content (AvgIpc) is 3.22. The van der Waals surface area contributed by atoms with Crippen LogP contribution in [0.4, 0.5) is 0 Å². The van der Waals surface area contributed by atoms with E-state index in [2.05, 4.69) is 45.7 Å². The molecule has 0 saturated heterocycles. The van der Waals surface area contributed by atoms with E-state index in [1.165, 1.54) is 11.1 Å². The fourth-order valence-corrected chi connectivity index (χ4v) is 2.89. The SMILES string of the molecule is CN=C(NCc1cccc(COC(C)C)c1)NCc1coc(-c2ccc(C)cc2)n1. The molecule has 0 fully saturated rings. The standard InChI is InChI=1S/C24H30N4O2/c1-17(2)29-15-20-7-5-6-19(12-20)13-26-24(25-4)27-14-22-16-30-23(28-22)21-10-8-18(3)9-11-21/h5-12,16-17H,13-15H2,1-4H3,(H2,25,26,27). The normalized spacial score (nSPS) is 11.7. The fraction of sp³-hybridized carbons (Fsp3) is 0.333. The summed E-state index contributed by atoms with van der Waals surface area (Å²) in [6.45, 7) is 7.95. The Labute approximate surface area is 178 Å². The molecular weight excluding hydrogens is 376 g/mol. The first kappa shape index (κ1) is 21.6. The van der Waals surface area contributed by atoms with Crippen molar-refractivity contribution in [2.24, 2.45) is 4.99 Å². The Balaban J connectivity index is 1.51. The lowest BCUT2D eigenvalue weighted by molar-refractivity contribution is 0.0657. The summed E-state index contributed by atoms with van der Waals surface area (Å²) in [6.07, 6.45) is 1.89. The van der Waals surface area contributed by atoms with Gasteiger partial charge in [0.25, 0.3) is 0 Å². The number of nitrogens with zero attached hydrogens (tertiary/aromatic N) is 2. The van der Waals surface area contributed by atoms with Crippen molar-refractivity contribution < 1.29 is 9.15 Å². The highest BCUT2D eigenvalue weighted by atomic mass is 16.5. The lowest BCUT2D eigenvalue weighted by atomic mass is 10.1. The molecule has 6 heteroatoms. The Bertz CT molecular complexity index is 961. The minimum atomic E-state index is 0.220. The van der Waals surface area contributed by atoms with Crippen molar-refractivity contribution in [3.8, 4) is 11.5 Å². The highest BCUT2D eigenvalue weighted by Crippen LogP contribution is 2.19. The van der Waals surface area contributed by atoms with Crippen molar-refractivity contribution in [3.05, 3.63) is 77.2 Å². The second-order valence-corrected chi connectivity index (χ2v) is 7.47. The maximum absolute atomic E-state index is 5.68. The highest BCUT2D eigenvalue weighted by Gasteiger charge is 2.07. The summed E-state index contributed by atoms with van der Waals surface area (Å²) in [5, 5.41) is 6.61. The molecule has 30 heavy (non-hydrogen) atoms. The third-order valence-corrected chi connectivity index (χ3v) is 4.55. The van der Waals surface area contributed by atoms with E-state index in [1.807, 2.05) is 44.2 Å². The zero-order valence-corrected chi connectivity index (χ0v) is 18.1. The maximum Gasteiger partial charge on any atom is 0.226 e. The molecule has 1 heterocycles. The number of aromatic nitrogens is 1. The largest absolute Gasteiger partial charge is 0.444 e. The average molecular weight is 407 g/mol. The Morgan fingerprint density at radius 3 is 2.53 bits per heavy atom. The summed E-state index contributed by atoms with van der Waals surface area (Å²) in [7, 11) is 1.75. The Morgan fingerprint density at radius 2 is 1.80 bits per heavy atom. The fourth-order valence-electron chi connectivity index (χ4n) is 2.89. The summed E-state index contributed by atoms with van der Waals surface area (Å²) in [5.74, 6) is 1.33. The van der Waals surface area contributed by atoms with Gasteiger partial charge in [0.05, 0.1) is 24.9 Å². The maximum atomic E-state index is 5.68. The predicted octanol–water partition coefficient (Wildman–Crippen LogP) is 4.44. The van der Waals surface area contributed by atoms with Crippen molar-refractivity contribution >= 4 is 5.96 Å².